The summed E-state index contributed by atoms with van der Waals surface area (Å²) in [5, 5.41) is 0. The van der Waals surface area contributed by atoms with Crippen molar-refractivity contribution in [2.24, 2.45) is 0 Å². The highest BCUT2D eigenvalue weighted by Crippen LogP contribution is 2.21. The number of aromatic nitrogens is 1. The number of esters is 2. The number of rotatable bonds is 8. The first-order valence-corrected chi connectivity index (χ1v) is 8.99. The van der Waals surface area contributed by atoms with Crippen molar-refractivity contribution >= 4 is 17.7 Å². The number of hydrogen-bond donors (Lipinski definition) is 1. The number of aromatic amines is 1. The van der Waals surface area contributed by atoms with E-state index in [1.54, 1.807) is 20.8 Å². The number of ketones is 1. The molecule has 0 radical (unpaired) electrons. The lowest BCUT2D eigenvalue weighted by molar-refractivity contribution is -0.146. The lowest BCUT2D eigenvalue weighted by Gasteiger charge is -2.12. The standard InChI is InChI=1S/C21H25NO5/c1-5-26-21(25)18-13(2)19(22-14(18)3)20(24)15(4)27-17(23)12-11-16-9-7-6-8-10-16/h6-10,15,22H,5,11-12H2,1-4H3/t15-/m1/s1. The second kappa shape index (κ2) is 9.16. The van der Waals surface area contributed by atoms with Crippen LogP contribution in [0.5, 0.6) is 0 Å². The van der Waals surface area contributed by atoms with Crippen LogP contribution in [-0.2, 0) is 20.7 Å². The second-order valence-corrected chi connectivity index (χ2v) is 6.33. The first-order valence-electron chi connectivity index (χ1n) is 8.99. The van der Waals surface area contributed by atoms with Crippen LogP contribution in [0, 0.1) is 13.8 Å². The molecule has 6 nitrogen and oxygen atoms in total. The third kappa shape index (κ3) is 5.06. The second-order valence-electron chi connectivity index (χ2n) is 6.33. The fourth-order valence-electron chi connectivity index (χ4n) is 2.91. The van der Waals surface area contributed by atoms with Crippen LogP contribution in [0.25, 0.3) is 0 Å². The summed E-state index contributed by atoms with van der Waals surface area (Å²) in [5.41, 5.74) is 2.70. The average molecular weight is 371 g/mol. The number of benzene rings is 1. The first kappa shape index (κ1) is 20.4. The molecule has 0 unspecified atom stereocenters. The summed E-state index contributed by atoms with van der Waals surface area (Å²) >= 11 is 0. The van der Waals surface area contributed by atoms with Crippen LogP contribution in [-0.4, -0.2) is 35.4 Å². The number of hydrogen-bond acceptors (Lipinski definition) is 5. The fourth-order valence-corrected chi connectivity index (χ4v) is 2.91. The molecule has 2 rings (SSSR count). The van der Waals surface area contributed by atoms with E-state index in [4.69, 9.17) is 9.47 Å². The minimum absolute atomic E-state index is 0.193. The van der Waals surface area contributed by atoms with Gasteiger partial charge in [0.05, 0.1) is 17.9 Å². The zero-order chi connectivity index (χ0) is 20.0. The number of carbonyl (C=O) groups is 3. The topological polar surface area (TPSA) is 85.5 Å². The van der Waals surface area contributed by atoms with Gasteiger partial charge in [0, 0.05) is 12.1 Å². The quantitative estimate of drug-likeness (QED) is 0.566. The Labute approximate surface area is 158 Å². The number of ether oxygens (including phenoxy) is 2. The van der Waals surface area contributed by atoms with E-state index < -0.39 is 18.0 Å². The van der Waals surface area contributed by atoms with Gasteiger partial charge in [-0.2, -0.15) is 0 Å². The van der Waals surface area contributed by atoms with Crippen molar-refractivity contribution in [2.75, 3.05) is 6.61 Å². The van der Waals surface area contributed by atoms with Crippen LogP contribution < -0.4 is 0 Å². The highest BCUT2D eigenvalue weighted by atomic mass is 16.5. The van der Waals surface area contributed by atoms with Crippen molar-refractivity contribution in [1.82, 2.24) is 4.98 Å². The Hall–Kier alpha value is -2.89. The zero-order valence-electron chi connectivity index (χ0n) is 16.1. The van der Waals surface area contributed by atoms with E-state index in [2.05, 4.69) is 4.98 Å². The Morgan fingerprint density at radius 1 is 1.11 bits per heavy atom. The SMILES string of the molecule is CCOC(=O)c1c(C)[nH]c(C(=O)[C@@H](C)OC(=O)CCc2ccccc2)c1C. The molecule has 0 bridgehead atoms. The molecule has 0 saturated carbocycles. The molecule has 0 aliphatic rings. The molecule has 1 atom stereocenters. The minimum Gasteiger partial charge on any atom is -0.462 e. The molecular formula is C21H25NO5. The van der Waals surface area contributed by atoms with Gasteiger partial charge in [-0.25, -0.2) is 4.79 Å². The number of H-pyrrole nitrogens is 1. The van der Waals surface area contributed by atoms with Crippen LogP contribution in [0.4, 0.5) is 0 Å². The summed E-state index contributed by atoms with van der Waals surface area (Å²) in [4.78, 5) is 39.7. The van der Waals surface area contributed by atoms with Gasteiger partial charge in [0.25, 0.3) is 0 Å². The molecule has 0 fully saturated rings. The Bertz CT molecular complexity index is 823. The molecule has 27 heavy (non-hydrogen) atoms. The van der Waals surface area contributed by atoms with Gasteiger partial charge in [0.2, 0.25) is 5.78 Å². The van der Waals surface area contributed by atoms with Gasteiger partial charge in [-0.3, -0.25) is 9.59 Å². The average Bonchev–Trinajstić information content (AvgIpc) is 2.94. The smallest absolute Gasteiger partial charge is 0.340 e. The number of carbonyl (C=O) groups excluding carboxylic acids is 3. The summed E-state index contributed by atoms with van der Waals surface area (Å²) in [7, 11) is 0. The first-order chi connectivity index (χ1) is 12.8. The van der Waals surface area contributed by atoms with E-state index in [-0.39, 0.29) is 24.5 Å². The maximum absolute atomic E-state index is 12.7. The molecule has 144 valence electrons. The van der Waals surface area contributed by atoms with Gasteiger partial charge in [-0.1, -0.05) is 30.3 Å². The molecule has 0 aliphatic carbocycles. The van der Waals surface area contributed by atoms with Crippen LogP contribution in [0.1, 0.15) is 57.9 Å². The number of nitrogens with one attached hydrogen (secondary N) is 1. The van der Waals surface area contributed by atoms with Crippen molar-refractivity contribution in [1.29, 1.82) is 0 Å². The van der Waals surface area contributed by atoms with Gasteiger partial charge in [0.15, 0.2) is 6.10 Å². The normalized spacial score (nSPS) is 11.7. The molecular weight excluding hydrogens is 346 g/mol. The number of aryl methyl sites for hydroxylation is 2. The maximum atomic E-state index is 12.7. The summed E-state index contributed by atoms with van der Waals surface area (Å²) < 4.78 is 10.3. The molecule has 0 amide bonds. The number of Topliss-reactive ketones (excluding diaryl/α,β-unsaturated/α-hetero) is 1. The monoisotopic (exact) mass is 371 g/mol. The molecule has 2 aromatic rings. The van der Waals surface area contributed by atoms with Crippen molar-refractivity contribution < 1.29 is 23.9 Å². The molecule has 0 saturated heterocycles. The van der Waals surface area contributed by atoms with Gasteiger partial charge in [0.1, 0.15) is 0 Å². The van der Waals surface area contributed by atoms with Gasteiger partial charge in [-0.15, -0.1) is 0 Å². The van der Waals surface area contributed by atoms with Crippen molar-refractivity contribution in [3.8, 4) is 0 Å². The molecule has 0 aliphatic heterocycles. The van der Waals surface area contributed by atoms with Crippen molar-refractivity contribution in [3.05, 3.63) is 58.4 Å². The molecule has 1 aromatic heterocycles. The van der Waals surface area contributed by atoms with Crippen molar-refractivity contribution in [3.63, 3.8) is 0 Å². The maximum Gasteiger partial charge on any atom is 0.340 e. The van der Waals surface area contributed by atoms with E-state index in [0.717, 1.165) is 5.56 Å². The lowest BCUT2D eigenvalue weighted by atomic mass is 10.1. The molecule has 0 spiro atoms. The Morgan fingerprint density at radius 3 is 2.41 bits per heavy atom. The van der Waals surface area contributed by atoms with E-state index in [9.17, 15) is 14.4 Å². The fraction of sp³-hybridized carbons (Fsp3) is 0.381. The van der Waals surface area contributed by atoms with Crippen LogP contribution in [0.15, 0.2) is 30.3 Å². The molecule has 6 heteroatoms. The van der Waals surface area contributed by atoms with E-state index in [1.807, 2.05) is 30.3 Å². The third-order valence-corrected chi connectivity index (χ3v) is 4.30. The van der Waals surface area contributed by atoms with Crippen LogP contribution >= 0.6 is 0 Å². The minimum atomic E-state index is -0.944. The summed E-state index contributed by atoms with van der Waals surface area (Å²) in [6.07, 6.45) is -0.202. The summed E-state index contributed by atoms with van der Waals surface area (Å²) in [5.74, 6) is -1.29. The van der Waals surface area contributed by atoms with Gasteiger partial charge >= 0.3 is 11.9 Å². The van der Waals surface area contributed by atoms with E-state index in [1.165, 1.54) is 6.92 Å². The highest BCUT2D eigenvalue weighted by molar-refractivity contribution is 6.03. The third-order valence-electron chi connectivity index (χ3n) is 4.30. The van der Waals surface area contributed by atoms with E-state index >= 15 is 0 Å². The van der Waals surface area contributed by atoms with Crippen LogP contribution in [0.3, 0.4) is 0 Å². The molecule has 1 N–H and O–H groups in total. The van der Waals surface area contributed by atoms with Crippen molar-refractivity contribution in [2.45, 2.75) is 46.6 Å². The van der Waals surface area contributed by atoms with Gasteiger partial charge in [-0.05, 0) is 45.2 Å². The predicted molar refractivity (Wildman–Crippen MR) is 101 cm³/mol. The Morgan fingerprint density at radius 2 is 1.78 bits per heavy atom. The Kier molecular flexibility index (Phi) is 6.93. The lowest BCUT2D eigenvalue weighted by Crippen LogP contribution is -2.25. The molecule has 1 heterocycles. The largest absolute Gasteiger partial charge is 0.462 e. The highest BCUT2D eigenvalue weighted by Gasteiger charge is 2.27. The molecule has 1 aromatic carbocycles. The van der Waals surface area contributed by atoms with E-state index in [0.29, 0.717) is 23.2 Å². The summed E-state index contributed by atoms with van der Waals surface area (Å²) in [6, 6.07) is 9.59. The zero-order valence-corrected chi connectivity index (χ0v) is 16.1. The van der Waals surface area contributed by atoms with Crippen LogP contribution in [0.2, 0.25) is 0 Å². The Balaban J connectivity index is 2.01. The summed E-state index contributed by atoms with van der Waals surface area (Å²) in [6.45, 7) is 6.88. The predicted octanol–water partition coefficient (Wildman–Crippen LogP) is 3.56. The van der Waals surface area contributed by atoms with Gasteiger partial charge < -0.3 is 14.5 Å².